The highest BCUT2D eigenvalue weighted by Crippen LogP contribution is 2.42. The van der Waals surface area contributed by atoms with Crippen molar-refractivity contribution in [3.63, 3.8) is 0 Å². The van der Waals surface area contributed by atoms with Gasteiger partial charge in [0.15, 0.2) is 0 Å². The Hall–Kier alpha value is -3.58. The minimum absolute atomic E-state index is 0.0494. The molecule has 34 heavy (non-hydrogen) atoms. The number of aromatic amines is 1. The lowest BCUT2D eigenvalue weighted by atomic mass is 9.92. The fraction of sp³-hybridized carbons (Fsp3) is 0.185. The highest BCUT2D eigenvalue weighted by atomic mass is 79.9. The minimum Gasteiger partial charge on any atom is -0.493 e. The summed E-state index contributed by atoms with van der Waals surface area (Å²) >= 11 is 3.59. The second kappa shape index (κ2) is 7.74. The summed E-state index contributed by atoms with van der Waals surface area (Å²) in [6.45, 7) is 3.83. The molecule has 1 atom stereocenters. The molecule has 0 amide bonds. The molecule has 2 aromatic carbocycles. The molecule has 3 aromatic heterocycles. The summed E-state index contributed by atoms with van der Waals surface area (Å²) in [5.41, 5.74) is 6.71. The predicted molar refractivity (Wildman–Crippen MR) is 136 cm³/mol. The van der Waals surface area contributed by atoms with Crippen LogP contribution < -0.4 is 5.69 Å². The zero-order valence-electron chi connectivity index (χ0n) is 18.8. The van der Waals surface area contributed by atoms with Crippen LogP contribution in [0.2, 0.25) is 0 Å². The van der Waals surface area contributed by atoms with Gasteiger partial charge in [-0.25, -0.2) is 4.79 Å². The van der Waals surface area contributed by atoms with E-state index in [1.165, 1.54) is 4.57 Å². The molecular formula is C27H23BrN4O2. The molecule has 0 radical (unpaired) electrons. The van der Waals surface area contributed by atoms with Gasteiger partial charge in [-0.05, 0) is 66.4 Å². The lowest BCUT2D eigenvalue weighted by molar-refractivity contribution is 0.391. The number of benzene rings is 2. The quantitative estimate of drug-likeness (QED) is 0.314. The Morgan fingerprint density at radius 1 is 1.06 bits per heavy atom. The van der Waals surface area contributed by atoms with E-state index in [9.17, 15) is 9.90 Å². The number of rotatable bonds is 3. The Kier molecular flexibility index (Phi) is 4.78. The molecule has 0 spiro atoms. The van der Waals surface area contributed by atoms with Crippen LogP contribution in [-0.2, 0) is 6.42 Å². The zero-order chi connectivity index (χ0) is 23.6. The van der Waals surface area contributed by atoms with E-state index in [0.717, 1.165) is 43.3 Å². The Labute approximate surface area is 204 Å². The van der Waals surface area contributed by atoms with Crippen molar-refractivity contribution in [3.8, 4) is 17.0 Å². The molecule has 0 saturated heterocycles. The maximum absolute atomic E-state index is 13.6. The van der Waals surface area contributed by atoms with E-state index in [2.05, 4.69) is 56.2 Å². The molecule has 6 nitrogen and oxygen atoms in total. The first-order valence-corrected chi connectivity index (χ1v) is 12.1. The van der Waals surface area contributed by atoms with Crippen molar-refractivity contribution >= 4 is 26.8 Å². The van der Waals surface area contributed by atoms with Gasteiger partial charge in [0.2, 0.25) is 5.88 Å². The highest BCUT2D eigenvalue weighted by Gasteiger charge is 2.35. The van der Waals surface area contributed by atoms with Crippen molar-refractivity contribution in [1.29, 1.82) is 0 Å². The third-order valence-corrected chi connectivity index (χ3v) is 7.22. The van der Waals surface area contributed by atoms with Crippen LogP contribution in [-0.4, -0.2) is 24.2 Å². The number of aromatic nitrogens is 4. The topological polar surface area (TPSA) is 75.8 Å². The number of nitrogens with one attached hydrogen (secondary N) is 1. The van der Waals surface area contributed by atoms with Crippen molar-refractivity contribution in [1.82, 2.24) is 19.1 Å². The summed E-state index contributed by atoms with van der Waals surface area (Å²) < 4.78 is 4.23. The monoisotopic (exact) mass is 514 g/mol. The van der Waals surface area contributed by atoms with Gasteiger partial charge >= 0.3 is 5.69 Å². The van der Waals surface area contributed by atoms with E-state index in [0.29, 0.717) is 12.1 Å². The van der Waals surface area contributed by atoms with Gasteiger partial charge in [-0.15, -0.1) is 0 Å². The van der Waals surface area contributed by atoms with E-state index < -0.39 is 0 Å². The Morgan fingerprint density at radius 2 is 1.76 bits per heavy atom. The van der Waals surface area contributed by atoms with Crippen molar-refractivity contribution in [2.45, 2.75) is 32.4 Å². The van der Waals surface area contributed by atoms with Crippen LogP contribution in [0.25, 0.3) is 22.0 Å². The molecule has 1 unspecified atom stereocenters. The first-order chi connectivity index (χ1) is 16.4. The lowest BCUT2D eigenvalue weighted by Gasteiger charge is -2.26. The van der Waals surface area contributed by atoms with Crippen LogP contribution >= 0.6 is 15.9 Å². The summed E-state index contributed by atoms with van der Waals surface area (Å²) in [5, 5.41) is 12.2. The van der Waals surface area contributed by atoms with Crippen LogP contribution in [0.1, 0.15) is 48.4 Å². The van der Waals surface area contributed by atoms with Crippen molar-refractivity contribution in [2.75, 3.05) is 0 Å². The fourth-order valence-electron chi connectivity index (χ4n) is 5.14. The number of nitrogens with zero attached hydrogens (tertiary/aromatic N) is 3. The number of hydrogen-bond acceptors (Lipinski definition) is 3. The Balaban J connectivity index is 1.59. The Bertz CT molecular complexity index is 1590. The molecule has 1 aliphatic rings. The largest absolute Gasteiger partial charge is 0.493 e. The highest BCUT2D eigenvalue weighted by molar-refractivity contribution is 9.10. The third kappa shape index (κ3) is 3.07. The van der Waals surface area contributed by atoms with Crippen molar-refractivity contribution < 1.29 is 5.11 Å². The van der Waals surface area contributed by atoms with Gasteiger partial charge in [0, 0.05) is 45.9 Å². The average Bonchev–Trinajstić information content (AvgIpc) is 3.32. The van der Waals surface area contributed by atoms with E-state index in [1.54, 1.807) is 17.0 Å². The molecule has 6 rings (SSSR count). The maximum Gasteiger partial charge on any atom is 0.332 e. The summed E-state index contributed by atoms with van der Waals surface area (Å²) in [4.78, 5) is 21.3. The normalized spacial score (nSPS) is 15.0. The second-order valence-corrected chi connectivity index (χ2v) is 9.95. The third-order valence-electron chi connectivity index (χ3n) is 6.72. The number of H-pyrrole nitrogens is 1. The zero-order valence-corrected chi connectivity index (χ0v) is 20.4. The van der Waals surface area contributed by atoms with Gasteiger partial charge < -0.3 is 10.1 Å². The van der Waals surface area contributed by atoms with E-state index in [1.807, 2.05) is 38.1 Å². The molecular weight excluding hydrogens is 492 g/mol. The van der Waals surface area contributed by atoms with E-state index in [-0.39, 0.29) is 23.7 Å². The number of aromatic hydroxyl groups is 1. The summed E-state index contributed by atoms with van der Waals surface area (Å²) in [6, 6.07) is 17.9. The fourth-order valence-corrected chi connectivity index (χ4v) is 5.51. The van der Waals surface area contributed by atoms with Crippen molar-refractivity contribution in [2.24, 2.45) is 0 Å². The van der Waals surface area contributed by atoms with Gasteiger partial charge in [-0.2, -0.15) is 0 Å². The number of hydrogen-bond donors (Lipinski definition) is 2. The molecule has 1 aliphatic heterocycles. The van der Waals surface area contributed by atoms with Crippen molar-refractivity contribution in [3.05, 3.63) is 104 Å². The number of halogens is 1. The molecule has 4 heterocycles. The maximum atomic E-state index is 13.6. The molecule has 0 aliphatic carbocycles. The second-order valence-electron chi connectivity index (χ2n) is 9.03. The number of fused-ring (bicyclic) bond motifs is 4. The molecule has 5 aromatic rings. The molecule has 7 heteroatoms. The first-order valence-electron chi connectivity index (χ1n) is 11.3. The lowest BCUT2D eigenvalue weighted by Crippen LogP contribution is -2.32. The van der Waals surface area contributed by atoms with Gasteiger partial charge in [-0.3, -0.25) is 14.1 Å². The van der Waals surface area contributed by atoms with Gasteiger partial charge in [0.1, 0.15) is 6.04 Å². The van der Waals surface area contributed by atoms with E-state index in [4.69, 9.17) is 0 Å². The number of pyridine rings is 1. The van der Waals surface area contributed by atoms with Crippen LogP contribution in [0.4, 0.5) is 0 Å². The Morgan fingerprint density at radius 3 is 2.47 bits per heavy atom. The molecule has 0 saturated carbocycles. The summed E-state index contributed by atoms with van der Waals surface area (Å²) in [6.07, 6.45) is 4.04. The first kappa shape index (κ1) is 21.0. The summed E-state index contributed by atoms with van der Waals surface area (Å²) in [5.74, 6) is 0.0494. The predicted octanol–water partition coefficient (Wildman–Crippen LogP) is 5.78. The summed E-state index contributed by atoms with van der Waals surface area (Å²) in [7, 11) is 0. The van der Waals surface area contributed by atoms with Gasteiger partial charge in [0.25, 0.3) is 0 Å². The van der Waals surface area contributed by atoms with E-state index >= 15 is 0 Å². The van der Waals surface area contributed by atoms with Gasteiger partial charge in [-0.1, -0.05) is 40.2 Å². The van der Waals surface area contributed by atoms with Crippen LogP contribution in [0.5, 0.6) is 5.88 Å². The minimum atomic E-state index is -0.366. The smallest absolute Gasteiger partial charge is 0.332 e. The number of imidazole rings is 1. The molecule has 2 N–H and O–H groups in total. The molecule has 0 fully saturated rings. The van der Waals surface area contributed by atoms with Crippen LogP contribution in [0.3, 0.4) is 0 Å². The van der Waals surface area contributed by atoms with Crippen LogP contribution in [0.15, 0.2) is 76.3 Å². The van der Waals surface area contributed by atoms with Crippen LogP contribution in [0, 0.1) is 0 Å². The standard InChI is InChI=1S/C27H23BrN4O2/c1-15(2)31-26(33)23-14-21-20-13-19(28)7-8-22(20)30-24(21)25(32(23)27(31)34)18-5-3-16(4-6-18)17-9-11-29-12-10-17/h3-13,15,25,30,33H,14H2,1-2H3. The van der Waals surface area contributed by atoms with Gasteiger partial charge in [0.05, 0.1) is 5.69 Å². The molecule has 0 bridgehead atoms. The molecule has 170 valence electrons. The average molecular weight is 515 g/mol. The SMILES string of the molecule is CC(C)n1c(O)c2n(c1=O)C(c1ccc(-c3ccncc3)cc1)c1[nH]c3ccc(Br)cc3c1C2.